The van der Waals surface area contributed by atoms with E-state index in [-0.39, 0.29) is 12.1 Å². The summed E-state index contributed by atoms with van der Waals surface area (Å²) in [6.45, 7) is 13.2. The molecule has 2 aromatic rings. The largest absolute Gasteiger partial charge is 0.444 e. The Morgan fingerprint density at radius 1 is 1.18 bits per heavy atom. The minimum absolute atomic E-state index is 0.0605. The molecule has 5 atom stereocenters. The average molecular weight is 466 g/mol. The first kappa shape index (κ1) is 23.3. The summed E-state index contributed by atoms with van der Waals surface area (Å²) in [5.74, 6) is 2.55. The number of aromatic nitrogens is 3. The predicted octanol–water partition coefficient (Wildman–Crippen LogP) is 5.14. The van der Waals surface area contributed by atoms with Crippen LogP contribution in [0, 0.1) is 12.3 Å². The summed E-state index contributed by atoms with van der Waals surface area (Å²) in [6, 6.07) is 12.0. The number of rotatable bonds is 7. The lowest BCUT2D eigenvalue weighted by Gasteiger charge is -2.44. The van der Waals surface area contributed by atoms with Crippen LogP contribution in [0.2, 0.25) is 0 Å². The van der Waals surface area contributed by atoms with Crippen LogP contribution in [0.1, 0.15) is 95.5 Å². The normalized spacial score (nSPS) is 28.7. The van der Waals surface area contributed by atoms with Gasteiger partial charge in [-0.05, 0) is 58.9 Å². The van der Waals surface area contributed by atoms with E-state index in [1.807, 2.05) is 39.0 Å². The highest BCUT2D eigenvalue weighted by Gasteiger charge is 2.75. The lowest BCUT2D eigenvalue weighted by atomic mass is 9.89. The van der Waals surface area contributed by atoms with Crippen LogP contribution in [-0.2, 0) is 4.74 Å². The highest BCUT2D eigenvalue weighted by molar-refractivity contribution is 5.68. The fraction of sp³-hybridized carbons (Fsp3) is 0.667. The minimum Gasteiger partial charge on any atom is -0.444 e. The van der Waals surface area contributed by atoms with Gasteiger partial charge in [0.15, 0.2) is 0 Å². The Kier molecular flexibility index (Phi) is 5.74. The third-order valence-electron chi connectivity index (χ3n) is 8.00. The van der Waals surface area contributed by atoms with Crippen molar-refractivity contribution >= 4 is 6.09 Å². The van der Waals surface area contributed by atoms with Gasteiger partial charge in [0, 0.05) is 36.0 Å². The van der Waals surface area contributed by atoms with Crippen LogP contribution in [-0.4, -0.2) is 50.0 Å². The summed E-state index contributed by atoms with van der Waals surface area (Å²) in [4.78, 5) is 15.3. The van der Waals surface area contributed by atoms with Crippen molar-refractivity contribution in [2.75, 3.05) is 6.54 Å². The summed E-state index contributed by atoms with van der Waals surface area (Å²) in [5.41, 5.74) is 1.11. The summed E-state index contributed by atoms with van der Waals surface area (Å²) < 4.78 is 7.97. The molecule has 1 aromatic carbocycles. The number of alkyl carbamates (subject to hydrolysis) is 1. The summed E-state index contributed by atoms with van der Waals surface area (Å²) >= 11 is 0. The number of nitrogens with one attached hydrogen (secondary N) is 1. The van der Waals surface area contributed by atoms with Crippen LogP contribution in [0.5, 0.6) is 0 Å². The predicted molar refractivity (Wildman–Crippen MR) is 132 cm³/mol. The Morgan fingerprint density at radius 3 is 2.59 bits per heavy atom. The molecule has 2 aliphatic carbocycles. The smallest absolute Gasteiger partial charge is 0.408 e. The van der Waals surface area contributed by atoms with Crippen molar-refractivity contribution in [3.05, 3.63) is 47.5 Å². The van der Waals surface area contributed by atoms with Crippen molar-refractivity contribution in [2.45, 2.75) is 103 Å². The van der Waals surface area contributed by atoms with Gasteiger partial charge in [-0.3, -0.25) is 4.90 Å². The van der Waals surface area contributed by atoms with Crippen LogP contribution in [0.4, 0.5) is 4.79 Å². The molecular formula is C27H39N5O2. The summed E-state index contributed by atoms with van der Waals surface area (Å²) in [6.07, 6.45) is 4.25. The van der Waals surface area contributed by atoms with Crippen molar-refractivity contribution in [1.29, 1.82) is 0 Å². The van der Waals surface area contributed by atoms with E-state index in [0.29, 0.717) is 29.5 Å². The van der Waals surface area contributed by atoms with Crippen molar-refractivity contribution in [2.24, 2.45) is 5.41 Å². The maximum atomic E-state index is 12.6. The topological polar surface area (TPSA) is 72.3 Å². The molecule has 0 bridgehead atoms. The molecule has 1 N–H and O–H groups in total. The van der Waals surface area contributed by atoms with E-state index in [4.69, 9.17) is 4.74 Å². The monoisotopic (exact) mass is 465 g/mol. The number of amides is 1. The second kappa shape index (κ2) is 8.36. The van der Waals surface area contributed by atoms with E-state index in [2.05, 4.69) is 57.9 Å². The number of aryl methyl sites for hydroxylation is 1. The van der Waals surface area contributed by atoms with Crippen LogP contribution in [0.3, 0.4) is 0 Å². The Hall–Kier alpha value is -2.41. The van der Waals surface area contributed by atoms with E-state index < -0.39 is 5.60 Å². The molecule has 34 heavy (non-hydrogen) atoms. The Bertz CT molecular complexity index is 1040. The zero-order chi connectivity index (χ0) is 24.3. The number of ether oxygens (including phenoxy) is 1. The molecule has 7 heteroatoms. The van der Waals surface area contributed by atoms with Gasteiger partial charge in [-0.15, -0.1) is 10.2 Å². The third-order valence-corrected chi connectivity index (χ3v) is 8.00. The van der Waals surface area contributed by atoms with Gasteiger partial charge in [0.05, 0.1) is 6.04 Å². The lowest BCUT2D eigenvalue weighted by Crippen LogP contribution is -2.53. The molecule has 184 valence electrons. The molecule has 5 rings (SSSR count). The first-order chi connectivity index (χ1) is 16.1. The van der Waals surface area contributed by atoms with Gasteiger partial charge in [-0.25, -0.2) is 4.79 Å². The van der Waals surface area contributed by atoms with Gasteiger partial charge in [0.2, 0.25) is 0 Å². The summed E-state index contributed by atoms with van der Waals surface area (Å²) in [5, 5.41) is 12.0. The third kappa shape index (κ3) is 4.12. The van der Waals surface area contributed by atoms with Crippen molar-refractivity contribution in [3.63, 3.8) is 0 Å². The molecule has 1 amide bonds. The molecule has 3 aliphatic rings. The molecule has 2 saturated carbocycles. The number of nitrogens with zero attached hydrogens (tertiary/aromatic N) is 4. The fourth-order valence-corrected chi connectivity index (χ4v) is 6.55. The molecule has 0 radical (unpaired) electrons. The zero-order valence-electron chi connectivity index (χ0n) is 21.4. The lowest BCUT2D eigenvalue weighted by molar-refractivity contribution is 0.0286. The molecule has 2 heterocycles. The van der Waals surface area contributed by atoms with Gasteiger partial charge < -0.3 is 14.6 Å². The Labute approximate surface area is 203 Å². The molecule has 1 aromatic heterocycles. The number of hydrogen-bond acceptors (Lipinski definition) is 5. The molecule has 1 aliphatic heterocycles. The van der Waals surface area contributed by atoms with Crippen LogP contribution in [0.25, 0.3) is 0 Å². The highest BCUT2D eigenvalue weighted by atomic mass is 16.6. The molecular weight excluding hydrogens is 426 g/mol. The van der Waals surface area contributed by atoms with E-state index in [1.165, 1.54) is 19.3 Å². The van der Waals surface area contributed by atoms with Gasteiger partial charge in [-0.1, -0.05) is 44.2 Å². The van der Waals surface area contributed by atoms with E-state index in [9.17, 15) is 4.79 Å². The van der Waals surface area contributed by atoms with Crippen molar-refractivity contribution in [3.8, 4) is 0 Å². The molecule has 1 spiro atoms. The molecule has 3 fully saturated rings. The maximum Gasteiger partial charge on any atom is 0.408 e. The number of benzene rings is 1. The number of carbonyl (C=O) groups excluding carboxylic acids is 1. The summed E-state index contributed by atoms with van der Waals surface area (Å²) in [7, 11) is 0. The minimum atomic E-state index is -0.510. The fourth-order valence-electron chi connectivity index (χ4n) is 6.55. The van der Waals surface area contributed by atoms with E-state index >= 15 is 0 Å². The molecule has 1 saturated heterocycles. The number of likely N-dealkylation sites (tertiary alicyclic amines) is 1. The Morgan fingerprint density at radius 2 is 1.91 bits per heavy atom. The number of carbonyl (C=O) groups is 1. The second-order valence-electron chi connectivity index (χ2n) is 11.8. The van der Waals surface area contributed by atoms with Crippen LogP contribution < -0.4 is 5.32 Å². The van der Waals surface area contributed by atoms with E-state index in [1.54, 1.807) is 0 Å². The second-order valence-corrected chi connectivity index (χ2v) is 11.8. The van der Waals surface area contributed by atoms with Gasteiger partial charge in [0.1, 0.15) is 17.2 Å². The van der Waals surface area contributed by atoms with E-state index in [0.717, 1.165) is 30.2 Å². The zero-order valence-corrected chi connectivity index (χ0v) is 21.4. The van der Waals surface area contributed by atoms with Crippen LogP contribution >= 0.6 is 0 Å². The van der Waals surface area contributed by atoms with Gasteiger partial charge >= 0.3 is 6.09 Å². The van der Waals surface area contributed by atoms with Gasteiger partial charge in [-0.2, -0.15) is 0 Å². The standard InChI is InChI=1S/C27H39N5O2/c1-17(2)24-30-29-18(3)32(24)20-14-22-27(15-20)16-23(27)31(22)13-12-21(19-10-8-7-9-11-19)28-25(33)34-26(4,5)6/h7-11,17,20-23H,12-16H2,1-6H3,(H,28,33)/t20?,21-,22?,23?,27?/m0/s1. The Balaban J connectivity index is 1.25. The molecule has 4 unspecified atom stereocenters. The first-order valence-corrected chi connectivity index (χ1v) is 12.8. The average Bonchev–Trinajstić information content (AvgIpc) is 3.03. The first-order valence-electron chi connectivity index (χ1n) is 12.8. The molecule has 7 nitrogen and oxygen atoms in total. The maximum absolute atomic E-state index is 12.6. The van der Waals surface area contributed by atoms with Crippen molar-refractivity contribution < 1.29 is 9.53 Å². The van der Waals surface area contributed by atoms with Crippen molar-refractivity contribution in [1.82, 2.24) is 25.0 Å². The SMILES string of the molecule is Cc1nnc(C(C)C)n1C1CC2N(CC[C@H](NC(=O)OC(C)(C)C)c3ccccc3)C3CC23C1. The van der Waals surface area contributed by atoms with Gasteiger partial charge in [0.25, 0.3) is 0 Å². The number of hydrogen-bond donors (Lipinski definition) is 1. The quantitative estimate of drug-likeness (QED) is 0.613. The highest BCUT2D eigenvalue weighted by Crippen LogP contribution is 2.72. The van der Waals surface area contributed by atoms with Crippen LogP contribution in [0.15, 0.2) is 30.3 Å².